The second kappa shape index (κ2) is 9.93. The molecule has 9 heteroatoms. The van der Waals surface area contributed by atoms with Crippen LogP contribution < -0.4 is 10.6 Å². The number of hydrogen-bond donors (Lipinski definition) is 3. The molecule has 1 heterocycles. The number of thioether (sulfide) groups is 1. The molecule has 2 amide bonds. The van der Waals surface area contributed by atoms with Crippen LogP contribution in [0.3, 0.4) is 0 Å². The van der Waals surface area contributed by atoms with Crippen LogP contribution in [0.5, 0.6) is 5.75 Å². The molecule has 3 aromatic rings. The molecule has 0 aliphatic rings. The Hall–Kier alpha value is -3.33. The molecular weight excluding hydrogens is 402 g/mol. The summed E-state index contributed by atoms with van der Waals surface area (Å²) in [5.41, 5.74) is 2.18. The number of aromatic nitrogens is 3. The summed E-state index contributed by atoms with van der Waals surface area (Å²) in [6.45, 7) is 4.42. The van der Waals surface area contributed by atoms with Gasteiger partial charge < -0.3 is 20.3 Å². The zero-order chi connectivity index (χ0) is 21.5. The van der Waals surface area contributed by atoms with Crippen LogP contribution in [0.25, 0.3) is 11.4 Å². The first kappa shape index (κ1) is 21.4. The highest BCUT2D eigenvalue weighted by molar-refractivity contribution is 7.99. The second-order valence-electron chi connectivity index (χ2n) is 6.41. The number of carbonyl (C=O) groups is 2. The summed E-state index contributed by atoms with van der Waals surface area (Å²) < 4.78 is 1.93. The lowest BCUT2D eigenvalue weighted by Crippen LogP contribution is -2.15. The average molecular weight is 426 g/mol. The number of hydrogen-bond acceptors (Lipinski definition) is 6. The van der Waals surface area contributed by atoms with Crippen LogP contribution >= 0.6 is 11.8 Å². The normalized spacial score (nSPS) is 10.6. The van der Waals surface area contributed by atoms with Crippen molar-refractivity contribution in [1.82, 2.24) is 14.8 Å². The molecule has 30 heavy (non-hydrogen) atoms. The number of nitrogens with one attached hydrogen (secondary N) is 2. The molecule has 0 bridgehead atoms. The lowest BCUT2D eigenvalue weighted by molar-refractivity contribution is -0.116. The van der Waals surface area contributed by atoms with Crippen molar-refractivity contribution >= 4 is 35.0 Å². The topological polar surface area (TPSA) is 109 Å². The van der Waals surface area contributed by atoms with Gasteiger partial charge >= 0.3 is 0 Å². The van der Waals surface area contributed by atoms with Crippen LogP contribution in [0.1, 0.15) is 20.3 Å². The third-order valence-corrected chi connectivity index (χ3v) is 5.23. The number of benzene rings is 2. The molecule has 3 N–H and O–H groups in total. The molecule has 0 saturated carbocycles. The SMILES string of the molecule is CCC(=O)Nc1ccc(NC(=O)CSc2nnc(-c3ccc(O)cc3)n2CC)cc1. The van der Waals surface area contributed by atoms with Gasteiger partial charge in [-0.3, -0.25) is 9.59 Å². The number of aromatic hydroxyl groups is 1. The first-order valence-corrected chi connectivity index (χ1v) is 10.5. The quantitative estimate of drug-likeness (QED) is 0.474. The molecule has 0 fully saturated rings. The van der Waals surface area contributed by atoms with Gasteiger partial charge in [0.2, 0.25) is 11.8 Å². The monoisotopic (exact) mass is 425 g/mol. The first-order valence-electron chi connectivity index (χ1n) is 9.55. The van der Waals surface area contributed by atoms with Crippen LogP contribution in [-0.4, -0.2) is 37.4 Å². The van der Waals surface area contributed by atoms with Gasteiger partial charge in [0.25, 0.3) is 0 Å². The number of nitrogens with zero attached hydrogens (tertiary/aromatic N) is 3. The smallest absolute Gasteiger partial charge is 0.234 e. The number of phenolic OH excluding ortho intramolecular Hbond substituents is 1. The molecule has 0 spiro atoms. The highest BCUT2D eigenvalue weighted by atomic mass is 32.2. The number of carbonyl (C=O) groups excluding carboxylic acids is 2. The van der Waals surface area contributed by atoms with Gasteiger partial charge in [0.05, 0.1) is 5.75 Å². The van der Waals surface area contributed by atoms with Crippen LogP contribution in [-0.2, 0) is 16.1 Å². The van der Waals surface area contributed by atoms with E-state index in [0.717, 1.165) is 5.56 Å². The summed E-state index contributed by atoms with van der Waals surface area (Å²) in [6, 6.07) is 13.7. The van der Waals surface area contributed by atoms with Crippen molar-refractivity contribution in [3.63, 3.8) is 0 Å². The zero-order valence-electron chi connectivity index (χ0n) is 16.8. The fourth-order valence-corrected chi connectivity index (χ4v) is 3.52. The molecule has 0 radical (unpaired) electrons. The largest absolute Gasteiger partial charge is 0.508 e. The van der Waals surface area contributed by atoms with Crippen LogP contribution in [0.15, 0.2) is 53.7 Å². The Bertz CT molecular complexity index is 1020. The van der Waals surface area contributed by atoms with Crippen molar-refractivity contribution < 1.29 is 14.7 Å². The minimum absolute atomic E-state index is 0.0603. The maximum Gasteiger partial charge on any atom is 0.234 e. The third kappa shape index (κ3) is 5.38. The summed E-state index contributed by atoms with van der Waals surface area (Å²) in [5, 5.41) is 24.1. The Morgan fingerprint density at radius 3 is 2.10 bits per heavy atom. The van der Waals surface area contributed by atoms with Gasteiger partial charge in [-0.2, -0.15) is 0 Å². The summed E-state index contributed by atoms with van der Waals surface area (Å²) in [5.74, 6) is 0.831. The molecule has 1 aromatic heterocycles. The molecule has 0 aliphatic heterocycles. The van der Waals surface area contributed by atoms with Gasteiger partial charge in [0.15, 0.2) is 11.0 Å². The number of phenols is 1. The Morgan fingerprint density at radius 1 is 0.933 bits per heavy atom. The summed E-state index contributed by atoms with van der Waals surface area (Å²) in [7, 11) is 0. The minimum atomic E-state index is -0.165. The standard InChI is InChI=1S/C21H23N5O3S/c1-3-18(28)22-15-7-9-16(10-8-15)23-19(29)13-30-21-25-24-20(26(21)4-2)14-5-11-17(27)12-6-14/h5-12,27H,3-4,13H2,1-2H3,(H,22,28)(H,23,29). The molecule has 2 aromatic carbocycles. The van der Waals surface area contributed by atoms with E-state index in [0.29, 0.717) is 35.3 Å². The predicted molar refractivity (Wildman–Crippen MR) is 118 cm³/mol. The fourth-order valence-electron chi connectivity index (χ4n) is 2.72. The summed E-state index contributed by atoms with van der Waals surface area (Å²) in [4.78, 5) is 23.7. The fraction of sp³-hybridized carbons (Fsp3) is 0.238. The van der Waals surface area contributed by atoms with Gasteiger partial charge in [-0.05, 0) is 55.5 Å². The van der Waals surface area contributed by atoms with Gasteiger partial charge in [0, 0.05) is 29.9 Å². The van der Waals surface area contributed by atoms with E-state index in [2.05, 4.69) is 20.8 Å². The van der Waals surface area contributed by atoms with E-state index in [4.69, 9.17) is 0 Å². The highest BCUT2D eigenvalue weighted by Gasteiger charge is 2.15. The van der Waals surface area contributed by atoms with Crippen molar-refractivity contribution in [2.75, 3.05) is 16.4 Å². The zero-order valence-corrected chi connectivity index (χ0v) is 17.6. The van der Waals surface area contributed by atoms with Crippen molar-refractivity contribution in [2.45, 2.75) is 32.0 Å². The molecule has 8 nitrogen and oxygen atoms in total. The molecule has 0 saturated heterocycles. The van der Waals surface area contributed by atoms with Gasteiger partial charge in [-0.15, -0.1) is 10.2 Å². The lowest BCUT2D eigenvalue weighted by atomic mass is 10.2. The van der Waals surface area contributed by atoms with Crippen molar-refractivity contribution in [2.24, 2.45) is 0 Å². The van der Waals surface area contributed by atoms with Crippen LogP contribution in [0.2, 0.25) is 0 Å². The number of rotatable bonds is 8. The van der Waals surface area contributed by atoms with Gasteiger partial charge in [-0.25, -0.2) is 0 Å². The minimum Gasteiger partial charge on any atom is -0.508 e. The van der Waals surface area contributed by atoms with Gasteiger partial charge in [0.1, 0.15) is 5.75 Å². The van der Waals surface area contributed by atoms with E-state index in [1.807, 2.05) is 11.5 Å². The maximum atomic E-state index is 12.3. The van der Waals surface area contributed by atoms with Crippen LogP contribution in [0, 0.1) is 0 Å². The molecule has 0 unspecified atom stereocenters. The Kier molecular flexibility index (Phi) is 7.08. The van der Waals surface area contributed by atoms with E-state index >= 15 is 0 Å². The Morgan fingerprint density at radius 2 is 1.53 bits per heavy atom. The lowest BCUT2D eigenvalue weighted by Gasteiger charge is -2.09. The summed E-state index contributed by atoms with van der Waals surface area (Å²) >= 11 is 1.30. The van der Waals surface area contributed by atoms with Crippen LogP contribution in [0.4, 0.5) is 11.4 Å². The van der Waals surface area contributed by atoms with Crippen molar-refractivity contribution in [3.8, 4) is 17.1 Å². The summed E-state index contributed by atoms with van der Waals surface area (Å²) in [6.07, 6.45) is 0.409. The van der Waals surface area contributed by atoms with E-state index in [9.17, 15) is 14.7 Å². The average Bonchev–Trinajstić information content (AvgIpc) is 3.17. The number of amides is 2. The van der Waals surface area contributed by atoms with Crippen molar-refractivity contribution in [1.29, 1.82) is 0 Å². The third-order valence-electron chi connectivity index (χ3n) is 4.26. The molecule has 0 atom stereocenters. The Labute approximate surface area is 178 Å². The first-order chi connectivity index (χ1) is 14.5. The van der Waals surface area contributed by atoms with E-state index in [1.165, 1.54) is 11.8 Å². The highest BCUT2D eigenvalue weighted by Crippen LogP contribution is 2.25. The molecule has 3 rings (SSSR count). The van der Waals surface area contributed by atoms with E-state index < -0.39 is 0 Å². The predicted octanol–water partition coefficient (Wildman–Crippen LogP) is 3.75. The molecule has 156 valence electrons. The van der Waals surface area contributed by atoms with Crippen molar-refractivity contribution in [3.05, 3.63) is 48.5 Å². The maximum absolute atomic E-state index is 12.3. The van der Waals surface area contributed by atoms with Gasteiger partial charge in [-0.1, -0.05) is 18.7 Å². The molecular formula is C21H23N5O3S. The Balaban J connectivity index is 1.59. The number of anilines is 2. The molecule has 0 aliphatic carbocycles. The second-order valence-corrected chi connectivity index (χ2v) is 7.36. The van der Waals surface area contributed by atoms with E-state index in [-0.39, 0.29) is 23.3 Å². The van der Waals surface area contributed by atoms with E-state index in [1.54, 1.807) is 55.5 Å².